The van der Waals surface area contributed by atoms with Crippen LogP contribution in [0.5, 0.6) is 0 Å². The predicted molar refractivity (Wildman–Crippen MR) is 338 cm³/mol. The Labute approximate surface area is 468 Å². The molecule has 0 atom stereocenters. The maximum Gasteiger partial charge on any atom is 0.129 e. The highest BCUT2D eigenvalue weighted by atomic mass is 28.3. The Morgan fingerprint density at radius 2 is 0.873 bits per heavy atom. The monoisotopic (exact) mass is 1050 g/mol. The van der Waals surface area contributed by atoms with Gasteiger partial charge in [-0.1, -0.05) is 123 Å². The summed E-state index contributed by atoms with van der Waals surface area (Å²) in [6.45, 7) is 32.4. The molecule has 0 fully saturated rings. The average molecular weight is 1050 g/mol. The van der Waals surface area contributed by atoms with Crippen LogP contribution < -0.4 is 0 Å². The van der Waals surface area contributed by atoms with Crippen molar-refractivity contribution in [1.82, 2.24) is 24.9 Å². The number of aryl methyl sites for hydroxylation is 6. The maximum absolute atomic E-state index is 5.61. The number of hydrogen-bond donors (Lipinski definition) is 2. The third-order valence-electron chi connectivity index (χ3n) is 14.7. The fourth-order valence-corrected chi connectivity index (χ4v) is 11.5. The first kappa shape index (κ1) is 53.8. The van der Waals surface area contributed by atoms with Crippen LogP contribution >= 0.6 is 0 Å². The summed E-state index contributed by atoms with van der Waals surface area (Å²) in [6, 6.07) is 41.5. The molecule has 5 heterocycles. The first-order valence-corrected chi connectivity index (χ1v) is 31.1. The molecule has 0 aliphatic carbocycles. The maximum atomic E-state index is 5.61. The molecule has 8 bridgehead atoms. The molecule has 8 aromatic rings. The Morgan fingerprint density at radius 1 is 0.468 bits per heavy atom. The highest BCUT2D eigenvalue weighted by Crippen LogP contribution is 2.41. The number of nitrogens with zero attached hydrogens (tertiary/aromatic N) is 5. The van der Waals surface area contributed by atoms with Gasteiger partial charge < -0.3 is 9.97 Å². The summed E-state index contributed by atoms with van der Waals surface area (Å²) in [4.78, 5) is 19.2. The number of aromatic amines is 2. The van der Waals surface area contributed by atoms with E-state index in [1.807, 2.05) is 11.1 Å². The standard InChI is InChI=1S/C71H71N7Si/c1-15-78(16-2)77-76-56-42-52(41-55(43-56)71(9,10)11)18-17-50-19-23-53(24-20-50)67-57-27-31-61(72-57)69(65-46(5)37-44(3)38-47(65)6)63-33-29-59(74-63)68(54-25-21-51(22-26-54)35-36-79(12,13)14)60-30-34-64(75-60)70(62-32-28-58(67)73-62)66-48(7)39-45(4)40-49(66)8/h19-34,37-43,72-73H,15-16H2,1-14H3. The molecule has 0 saturated heterocycles. The summed E-state index contributed by atoms with van der Waals surface area (Å²) < 4.78 is 0. The van der Waals surface area contributed by atoms with E-state index in [9.17, 15) is 0 Å². The molecule has 0 radical (unpaired) electrons. The highest BCUT2D eigenvalue weighted by molar-refractivity contribution is 6.83. The van der Waals surface area contributed by atoms with Gasteiger partial charge in [-0.2, -0.15) is 0 Å². The van der Waals surface area contributed by atoms with Crippen LogP contribution in [0.25, 0.3) is 90.9 Å². The van der Waals surface area contributed by atoms with Crippen LogP contribution in [0.1, 0.15) is 113 Å². The molecule has 10 rings (SSSR count). The lowest BCUT2D eigenvalue weighted by atomic mass is 9.86. The molecule has 2 aliphatic rings. The van der Waals surface area contributed by atoms with Crippen LogP contribution in [0.15, 0.2) is 126 Å². The van der Waals surface area contributed by atoms with Crippen LogP contribution in [-0.2, 0) is 5.41 Å². The Bertz CT molecular complexity index is 3920. The molecule has 2 aliphatic heterocycles. The van der Waals surface area contributed by atoms with Crippen LogP contribution in [0.3, 0.4) is 0 Å². The van der Waals surface area contributed by atoms with Crippen molar-refractivity contribution in [3.8, 4) is 67.8 Å². The number of fused-ring (bicyclic) bond motifs is 8. The minimum Gasteiger partial charge on any atom is -0.354 e. The van der Waals surface area contributed by atoms with Crippen molar-refractivity contribution < 1.29 is 0 Å². The summed E-state index contributed by atoms with van der Waals surface area (Å²) in [5.41, 5.74) is 31.2. The van der Waals surface area contributed by atoms with Crippen LogP contribution in [-0.4, -0.2) is 46.1 Å². The molecule has 79 heavy (non-hydrogen) atoms. The van der Waals surface area contributed by atoms with Crippen molar-refractivity contribution in [3.05, 3.63) is 194 Å². The lowest BCUT2D eigenvalue weighted by Crippen LogP contribution is -2.16. The van der Waals surface area contributed by atoms with Crippen molar-refractivity contribution in [3.63, 3.8) is 0 Å². The quantitative estimate of drug-likeness (QED) is 0.0688. The van der Waals surface area contributed by atoms with Crippen molar-refractivity contribution in [2.75, 3.05) is 13.1 Å². The zero-order valence-electron chi connectivity index (χ0n) is 48.4. The summed E-state index contributed by atoms with van der Waals surface area (Å²) >= 11 is 0. The lowest BCUT2D eigenvalue weighted by Gasteiger charge is -2.20. The molecule has 394 valence electrons. The van der Waals surface area contributed by atoms with E-state index in [2.05, 4.69) is 273 Å². The van der Waals surface area contributed by atoms with Crippen LogP contribution in [0.2, 0.25) is 19.6 Å². The van der Waals surface area contributed by atoms with Gasteiger partial charge in [0.25, 0.3) is 0 Å². The first-order valence-electron chi connectivity index (χ1n) is 27.6. The van der Waals surface area contributed by atoms with Gasteiger partial charge in [0.15, 0.2) is 0 Å². The lowest BCUT2D eigenvalue weighted by molar-refractivity contribution is 0.300. The van der Waals surface area contributed by atoms with E-state index in [1.165, 1.54) is 33.4 Å². The Morgan fingerprint density at radius 3 is 1.30 bits per heavy atom. The van der Waals surface area contributed by atoms with Crippen molar-refractivity contribution in [1.29, 1.82) is 0 Å². The molecule has 7 nitrogen and oxygen atoms in total. The third-order valence-corrected chi connectivity index (χ3v) is 15.6. The predicted octanol–water partition coefficient (Wildman–Crippen LogP) is 18.4. The number of nitrogens with one attached hydrogen (secondary N) is 2. The van der Waals surface area contributed by atoms with Gasteiger partial charge >= 0.3 is 0 Å². The molecule has 0 saturated carbocycles. The topological polar surface area (TPSA) is 85.3 Å². The molecule has 0 spiro atoms. The summed E-state index contributed by atoms with van der Waals surface area (Å²) in [5, 5.41) is 11.1. The van der Waals surface area contributed by atoms with E-state index in [1.54, 1.807) is 0 Å². The van der Waals surface area contributed by atoms with Crippen LogP contribution in [0, 0.1) is 64.8 Å². The van der Waals surface area contributed by atoms with Crippen molar-refractivity contribution in [2.24, 2.45) is 10.3 Å². The van der Waals surface area contributed by atoms with Gasteiger partial charge in [0.2, 0.25) is 0 Å². The molecular formula is C71H71N7Si. The molecule has 2 N–H and O–H groups in total. The highest BCUT2D eigenvalue weighted by Gasteiger charge is 2.23. The summed E-state index contributed by atoms with van der Waals surface area (Å²) in [5.74, 6) is 10.4. The van der Waals surface area contributed by atoms with E-state index in [0.717, 1.165) is 130 Å². The minimum absolute atomic E-state index is 0.0908. The summed E-state index contributed by atoms with van der Waals surface area (Å²) in [6.07, 6.45) is 8.67. The number of H-pyrrole nitrogens is 2. The normalized spacial score (nSPS) is 12.2. The number of benzene rings is 5. The first-order chi connectivity index (χ1) is 37.7. The van der Waals surface area contributed by atoms with Gasteiger partial charge in [0.1, 0.15) is 8.07 Å². The molecule has 8 heteroatoms. The van der Waals surface area contributed by atoms with Crippen molar-refractivity contribution in [2.45, 2.75) is 101 Å². The van der Waals surface area contributed by atoms with Crippen LogP contribution in [0.4, 0.5) is 5.69 Å². The second-order valence-corrected chi connectivity index (χ2v) is 28.1. The summed E-state index contributed by atoms with van der Waals surface area (Å²) in [7, 11) is -1.58. The smallest absolute Gasteiger partial charge is 0.129 e. The van der Waals surface area contributed by atoms with Gasteiger partial charge in [-0.05, 0) is 202 Å². The minimum atomic E-state index is -1.58. The third kappa shape index (κ3) is 11.5. The molecular weight excluding hydrogens is 979 g/mol. The van der Waals surface area contributed by atoms with Gasteiger partial charge in [-0.25, -0.2) is 9.97 Å². The van der Waals surface area contributed by atoms with E-state index in [0.29, 0.717) is 0 Å². The number of hydrogen-bond acceptors (Lipinski definition) is 4. The SMILES string of the molecule is CCN(CC)N=Nc1cc(C#Cc2ccc(-c3c4ccc([nH]4)c(-c4c(C)cc(C)cc4C)c4nc(c(-c5ccc(C#C[Si](C)(C)C)cc5)c5nc(c(-c6c(C)cc(C)cc6C)c6ccc3[nH]6)C=C5)C=C4)cc2)cc(C(C)(C)C)c1. The van der Waals surface area contributed by atoms with Gasteiger partial charge in [-0.3, -0.25) is 5.01 Å². The van der Waals surface area contributed by atoms with E-state index < -0.39 is 8.07 Å². The zero-order chi connectivity index (χ0) is 55.9. The molecule has 0 amide bonds. The molecule has 0 unspecified atom stereocenters. The van der Waals surface area contributed by atoms with Gasteiger partial charge in [0, 0.05) is 74.1 Å². The van der Waals surface area contributed by atoms with E-state index in [-0.39, 0.29) is 5.41 Å². The van der Waals surface area contributed by atoms with Crippen molar-refractivity contribution >= 4 is 60.1 Å². The molecule has 3 aromatic heterocycles. The van der Waals surface area contributed by atoms with Gasteiger partial charge in [0.05, 0.1) is 28.5 Å². The average Bonchev–Trinajstić information content (AvgIpc) is 4.43. The fraction of sp³-hybridized carbons (Fsp3) is 0.239. The van der Waals surface area contributed by atoms with E-state index in [4.69, 9.17) is 9.97 Å². The Balaban J connectivity index is 1.23. The Kier molecular flexibility index (Phi) is 14.8. The Hall–Kier alpha value is -8.56. The fourth-order valence-electron chi connectivity index (χ4n) is 11.0. The largest absolute Gasteiger partial charge is 0.354 e. The zero-order valence-corrected chi connectivity index (χ0v) is 49.4. The van der Waals surface area contributed by atoms with E-state index >= 15 is 0 Å². The number of aromatic nitrogens is 4. The molecule has 5 aromatic carbocycles. The second kappa shape index (κ2) is 21.7. The number of rotatable bonds is 8. The van der Waals surface area contributed by atoms with Gasteiger partial charge in [-0.15, -0.1) is 10.7 Å². The second-order valence-electron chi connectivity index (χ2n) is 23.3.